The summed E-state index contributed by atoms with van der Waals surface area (Å²) < 4.78 is 11.7. The van der Waals surface area contributed by atoms with Crippen LogP contribution in [0.15, 0.2) is 24.3 Å². The Balaban J connectivity index is 1.91. The number of benzene rings is 1. The normalized spacial score (nSPS) is 20.8. The van der Waals surface area contributed by atoms with Crippen molar-refractivity contribution in [2.24, 2.45) is 0 Å². The number of likely N-dealkylation sites (N-methyl/N-ethyl adjacent to an activating group) is 1. The van der Waals surface area contributed by atoms with Crippen LogP contribution in [0.4, 0.5) is 0 Å². The van der Waals surface area contributed by atoms with Gasteiger partial charge in [-0.2, -0.15) is 0 Å². The van der Waals surface area contributed by atoms with E-state index >= 15 is 0 Å². The third-order valence-corrected chi connectivity index (χ3v) is 4.24. The molecule has 1 fully saturated rings. The predicted octanol–water partition coefficient (Wildman–Crippen LogP) is 2.08. The predicted molar refractivity (Wildman–Crippen MR) is 94.9 cm³/mol. The molecule has 1 atom stereocenters. The smallest absolute Gasteiger partial charge is 0.248 e. The van der Waals surface area contributed by atoms with Crippen LogP contribution in [-0.2, 0) is 20.8 Å². The number of rotatable bonds is 6. The number of hydrogen-bond acceptors (Lipinski definition) is 4. The zero-order chi connectivity index (χ0) is 17.7. The monoisotopic (exact) mass is 334 g/mol. The first-order valence-corrected chi connectivity index (χ1v) is 8.49. The number of ether oxygens (including phenoxy) is 2. The Kier molecular flexibility index (Phi) is 6.38. The van der Waals surface area contributed by atoms with E-state index in [-0.39, 0.29) is 24.2 Å². The Bertz CT molecular complexity index is 557. The average molecular weight is 334 g/mol. The topological polar surface area (TPSA) is 42.0 Å². The van der Waals surface area contributed by atoms with Crippen LogP contribution < -0.4 is 0 Å². The minimum Gasteiger partial charge on any atom is -0.369 e. The molecule has 1 aliphatic heterocycles. The van der Waals surface area contributed by atoms with Crippen LogP contribution in [0.25, 0.3) is 0 Å². The van der Waals surface area contributed by atoms with Gasteiger partial charge in [0, 0.05) is 33.7 Å². The van der Waals surface area contributed by atoms with Crippen LogP contribution >= 0.6 is 0 Å². The molecule has 0 spiro atoms. The van der Waals surface area contributed by atoms with Gasteiger partial charge in [0.05, 0.1) is 18.3 Å². The third-order valence-electron chi connectivity index (χ3n) is 4.24. The lowest BCUT2D eigenvalue weighted by Gasteiger charge is -2.43. The maximum absolute atomic E-state index is 11.6. The lowest BCUT2D eigenvalue weighted by Crippen LogP contribution is -2.53. The molecule has 5 nitrogen and oxygen atoms in total. The number of morpholine rings is 1. The standard InChI is InChI=1S/C19H30N2O3/c1-15-8-6-7-9-16(15)10-21-11-17(24-19(2,3)14-21)12-23-13-18(22)20(4)5/h6-9,17H,10-14H2,1-5H3/t17-/m0/s1. The Morgan fingerprint density at radius 1 is 1.38 bits per heavy atom. The molecular weight excluding hydrogens is 304 g/mol. The molecule has 0 saturated carbocycles. The van der Waals surface area contributed by atoms with E-state index < -0.39 is 0 Å². The largest absolute Gasteiger partial charge is 0.369 e. The lowest BCUT2D eigenvalue weighted by atomic mass is 10.0. The molecule has 1 aromatic carbocycles. The number of carbonyl (C=O) groups is 1. The van der Waals surface area contributed by atoms with E-state index in [0.717, 1.165) is 19.6 Å². The van der Waals surface area contributed by atoms with Gasteiger partial charge in [0.15, 0.2) is 0 Å². The molecule has 1 aromatic rings. The number of nitrogens with zero attached hydrogens (tertiary/aromatic N) is 2. The van der Waals surface area contributed by atoms with Crippen molar-refractivity contribution in [1.82, 2.24) is 9.80 Å². The van der Waals surface area contributed by atoms with E-state index in [9.17, 15) is 4.79 Å². The molecule has 0 aromatic heterocycles. The molecule has 0 aliphatic carbocycles. The maximum atomic E-state index is 11.6. The quantitative estimate of drug-likeness (QED) is 0.799. The van der Waals surface area contributed by atoms with Gasteiger partial charge < -0.3 is 14.4 Å². The molecule has 1 amide bonds. The third kappa shape index (κ3) is 5.58. The molecule has 2 rings (SSSR count). The summed E-state index contributed by atoms with van der Waals surface area (Å²) in [7, 11) is 3.46. The zero-order valence-corrected chi connectivity index (χ0v) is 15.5. The minimum atomic E-state index is -0.222. The van der Waals surface area contributed by atoms with Crippen molar-refractivity contribution >= 4 is 5.91 Å². The first-order valence-electron chi connectivity index (χ1n) is 8.49. The second kappa shape index (κ2) is 8.10. The first-order chi connectivity index (χ1) is 11.3. The Hall–Kier alpha value is -1.43. The van der Waals surface area contributed by atoms with Gasteiger partial charge in [0.2, 0.25) is 5.91 Å². The number of hydrogen-bond donors (Lipinski definition) is 0. The molecule has 1 heterocycles. The Morgan fingerprint density at radius 2 is 2.08 bits per heavy atom. The molecule has 0 N–H and O–H groups in total. The zero-order valence-electron chi connectivity index (χ0n) is 15.5. The van der Waals surface area contributed by atoms with Crippen molar-refractivity contribution < 1.29 is 14.3 Å². The minimum absolute atomic E-state index is 0.0206. The number of amides is 1. The van der Waals surface area contributed by atoms with Gasteiger partial charge in [-0.3, -0.25) is 9.69 Å². The van der Waals surface area contributed by atoms with Crippen LogP contribution in [0, 0.1) is 6.92 Å². The van der Waals surface area contributed by atoms with Crippen molar-refractivity contribution in [2.75, 3.05) is 40.4 Å². The summed E-state index contributed by atoms with van der Waals surface area (Å²) in [5, 5.41) is 0. The molecule has 134 valence electrons. The van der Waals surface area contributed by atoms with Gasteiger partial charge in [-0.1, -0.05) is 24.3 Å². The highest BCUT2D eigenvalue weighted by Crippen LogP contribution is 2.23. The fourth-order valence-corrected chi connectivity index (χ4v) is 3.06. The van der Waals surface area contributed by atoms with E-state index in [2.05, 4.69) is 49.9 Å². The molecule has 0 unspecified atom stereocenters. The highest BCUT2D eigenvalue weighted by Gasteiger charge is 2.33. The fourth-order valence-electron chi connectivity index (χ4n) is 3.06. The highest BCUT2D eigenvalue weighted by atomic mass is 16.5. The van der Waals surface area contributed by atoms with E-state index in [1.807, 2.05) is 0 Å². The molecule has 0 radical (unpaired) electrons. The molecular formula is C19H30N2O3. The summed E-state index contributed by atoms with van der Waals surface area (Å²) in [5.41, 5.74) is 2.43. The van der Waals surface area contributed by atoms with Crippen LogP contribution in [0.1, 0.15) is 25.0 Å². The molecule has 1 saturated heterocycles. The molecule has 1 aliphatic rings. The van der Waals surface area contributed by atoms with Crippen LogP contribution in [0.2, 0.25) is 0 Å². The van der Waals surface area contributed by atoms with Crippen molar-refractivity contribution in [3.8, 4) is 0 Å². The number of aryl methyl sites for hydroxylation is 1. The molecule has 24 heavy (non-hydrogen) atoms. The van der Waals surface area contributed by atoms with Gasteiger partial charge in [0.1, 0.15) is 6.61 Å². The van der Waals surface area contributed by atoms with E-state index in [4.69, 9.17) is 9.47 Å². The van der Waals surface area contributed by atoms with E-state index in [1.54, 1.807) is 14.1 Å². The summed E-state index contributed by atoms with van der Waals surface area (Å²) in [6.07, 6.45) is -0.0206. The average Bonchev–Trinajstić information content (AvgIpc) is 2.48. The van der Waals surface area contributed by atoms with Crippen LogP contribution in [0.3, 0.4) is 0 Å². The van der Waals surface area contributed by atoms with Crippen LogP contribution in [-0.4, -0.2) is 67.8 Å². The first kappa shape index (κ1) is 18.9. The lowest BCUT2D eigenvalue weighted by molar-refractivity contribution is -0.161. The fraction of sp³-hybridized carbons (Fsp3) is 0.632. The van der Waals surface area contributed by atoms with E-state index in [1.165, 1.54) is 16.0 Å². The Morgan fingerprint density at radius 3 is 2.75 bits per heavy atom. The van der Waals surface area contributed by atoms with Gasteiger partial charge >= 0.3 is 0 Å². The van der Waals surface area contributed by atoms with Gasteiger partial charge in [-0.15, -0.1) is 0 Å². The van der Waals surface area contributed by atoms with Crippen LogP contribution in [0.5, 0.6) is 0 Å². The molecule has 0 bridgehead atoms. The molecule has 5 heteroatoms. The summed E-state index contributed by atoms with van der Waals surface area (Å²) in [5.74, 6) is -0.0261. The summed E-state index contributed by atoms with van der Waals surface area (Å²) in [6, 6.07) is 8.48. The van der Waals surface area contributed by atoms with Gasteiger partial charge in [-0.05, 0) is 31.9 Å². The summed E-state index contributed by atoms with van der Waals surface area (Å²) in [4.78, 5) is 15.6. The maximum Gasteiger partial charge on any atom is 0.248 e. The summed E-state index contributed by atoms with van der Waals surface area (Å²) >= 11 is 0. The second-order valence-electron chi connectivity index (χ2n) is 7.40. The van der Waals surface area contributed by atoms with Crippen molar-refractivity contribution in [1.29, 1.82) is 0 Å². The van der Waals surface area contributed by atoms with Crippen molar-refractivity contribution in [3.05, 3.63) is 35.4 Å². The van der Waals surface area contributed by atoms with Gasteiger partial charge in [0.25, 0.3) is 0 Å². The van der Waals surface area contributed by atoms with Crippen molar-refractivity contribution in [3.63, 3.8) is 0 Å². The van der Waals surface area contributed by atoms with E-state index in [0.29, 0.717) is 6.61 Å². The SMILES string of the molecule is Cc1ccccc1CN1C[C@@H](COCC(=O)N(C)C)OC(C)(C)C1. The Labute approximate surface area is 145 Å². The second-order valence-corrected chi connectivity index (χ2v) is 7.40. The van der Waals surface area contributed by atoms with Crippen molar-refractivity contribution in [2.45, 2.75) is 39.0 Å². The number of carbonyl (C=O) groups excluding carboxylic acids is 1. The summed E-state index contributed by atoms with van der Waals surface area (Å²) in [6.45, 7) is 9.51. The highest BCUT2D eigenvalue weighted by molar-refractivity contribution is 5.76. The van der Waals surface area contributed by atoms with Gasteiger partial charge in [-0.25, -0.2) is 0 Å².